The van der Waals surface area contributed by atoms with E-state index in [1.165, 1.54) is 0 Å². The predicted molar refractivity (Wildman–Crippen MR) is 65.1 cm³/mol. The fraction of sp³-hybridized carbons (Fsp3) is 1.00. The van der Waals surface area contributed by atoms with E-state index in [-0.39, 0.29) is 0 Å². The maximum Gasteiger partial charge on any atom is 0.0257 e. The quantitative estimate of drug-likeness (QED) is 0.678. The second-order valence-electron chi connectivity index (χ2n) is 4.24. The first-order valence-electron chi connectivity index (χ1n) is 5.62. The lowest BCUT2D eigenvalue weighted by Crippen LogP contribution is -2.24. The Kier molecular flexibility index (Phi) is 8.49. The Morgan fingerprint density at radius 2 is 2.00 bits per heavy atom. The summed E-state index contributed by atoms with van der Waals surface area (Å²) in [5.41, 5.74) is 0. The highest BCUT2D eigenvalue weighted by atomic mass is 32.2. The van der Waals surface area contributed by atoms with Gasteiger partial charge in [0.2, 0.25) is 0 Å². The molecule has 0 saturated heterocycles. The fourth-order valence-corrected chi connectivity index (χ4v) is 2.90. The summed E-state index contributed by atoms with van der Waals surface area (Å²) in [7, 11) is 1.40. The van der Waals surface area contributed by atoms with Gasteiger partial charge in [0.05, 0.1) is 0 Å². The minimum atomic E-state index is -0.598. The van der Waals surface area contributed by atoms with Gasteiger partial charge in [0, 0.05) is 28.3 Å². The van der Waals surface area contributed by atoms with Crippen molar-refractivity contribution in [2.75, 3.05) is 18.6 Å². The molecule has 3 heteroatoms. The molecule has 0 rings (SSSR count). The number of hydrogen-bond donors (Lipinski definition) is 1. The fourth-order valence-electron chi connectivity index (χ4n) is 1.50. The third-order valence-electron chi connectivity index (χ3n) is 2.34. The molecule has 1 N–H and O–H groups in total. The molecule has 14 heavy (non-hydrogen) atoms. The summed E-state index contributed by atoms with van der Waals surface area (Å²) < 4.78 is 11.5. The van der Waals surface area contributed by atoms with Crippen LogP contribution in [0, 0.1) is 5.92 Å². The van der Waals surface area contributed by atoms with Gasteiger partial charge in [0.15, 0.2) is 0 Å². The van der Waals surface area contributed by atoms with Crippen LogP contribution in [0.25, 0.3) is 0 Å². The van der Waals surface area contributed by atoms with Crippen LogP contribution in [0.15, 0.2) is 0 Å². The van der Waals surface area contributed by atoms with Gasteiger partial charge >= 0.3 is 0 Å². The largest absolute Gasteiger partial charge is 0.317 e. The van der Waals surface area contributed by atoms with E-state index >= 15 is 0 Å². The monoisotopic (exact) mass is 219 g/mol. The van der Waals surface area contributed by atoms with Crippen molar-refractivity contribution in [3.63, 3.8) is 0 Å². The van der Waals surface area contributed by atoms with Gasteiger partial charge in [-0.1, -0.05) is 20.8 Å². The van der Waals surface area contributed by atoms with E-state index in [0.29, 0.717) is 12.0 Å². The zero-order chi connectivity index (χ0) is 11.0. The summed E-state index contributed by atoms with van der Waals surface area (Å²) in [6.45, 7) is 6.44. The SMILES string of the molecule is CCC(CCCS(=O)CC(C)C)NC. The first-order chi connectivity index (χ1) is 6.60. The lowest BCUT2D eigenvalue weighted by Gasteiger charge is -2.13. The Bertz CT molecular complexity index is 155. The smallest absolute Gasteiger partial charge is 0.0257 e. The molecule has 0 aromatic carbocycles. The molecular weight excluding hydrogens is 194 g/mol. The molecule has 0 bridgehead atoms. The van der Waals surface area contributed by atoms with E-state index in [1.807, 2.05) is 7.05 Å². The highest BCUT2D eigenvalue weighted by molar-refractivity contribution is 7.84. The van der Waals surface area contributed by atoms with Gasteiger partial charge in [0.1, 0.15) is 0 Å². The average molecular weight is 219 g/mol. The summed E-state index contributed by atoms with van der Waals surface area (Å²) in [6.07, 6.45) is 3.39. The van der Waals surface area contributed by atoms with Gasteiger partial charge in [-0.15, -0.1) is 0 Å². The maximum absolute atomic E-state index is 11.5. The van der Waals surface area contributed by atoms with Gasteiger partial charge in [-0.2, -0.15) is 0 Å². The second-order valence-corrected chi connectivity index (χ2v) is 5.86. The maximum atomic E-state index is 11.5. The molecule has 2 unspecified atom stereocenters. The lowest BCUT2D eigenvalue weighted by molar-refractivity contribution is 0.503. The molecule has 0 aliphatic rings. The first kappa shape index (κ1) is 14.1. The summed E-state index contributed by atoms with van der Waals surface area (Å²) in [4.78, 5) is 0. The van der Waals surface area contributed by atoms with Gasteiger partial charge in [0.25, 0.3) is 0 Å². The van der Waals surface area contributed by atoms with Crippen molar-refractivity contribution in [3.05, 3.63) is 0 Å². The molecular formula is C11H25NOS. The molecule has 86 valence electrons. The van der Waals surface area contributed by atoms with E-state index in [9.17, 15) is 4.21 Å². The van der Waals surface area contributed by atoms with Crippen LogP contribution in [0.5, 0.6) is 0 Å². The van der Waals surface area contributed by atoms with Crippen LogP contribution in [-0.4, -0.2) is 28.8 Å². The van der Waals surface area contributed by atoms with Gasteiger partial charge in [-0.25, -0.2) is 0 Å². The van der Waals surface area contributed by atoms with Crippen LogP contribution in [0.3, 0.4) is 0 Å². The summed E-state index contributed by atoms with van der Waals surface area (Å²) >= 11 is 0. The minimum Gasteiger partial charge on any atom is -0.317 e. The van der Waals surface area contributed by atoms with Crippen molar-refractivity contribution in [2.45, 2.75) is 46.1 Å². The third-order valence-corrected chi connectivity index (χ3v) is 4.13. The zero-order valence-electron chi connectivity index (χ0n) is 10.0. The molecule has 0 amide bonds. The van der Waals surface area contributed by atoms with E-state index < -0.39 is 10.8 Å². The molecule has 2 atom stereocenters. The molecule has 0 fully saturated rings. The Balaban J connectivity index is 3.48. The normalized spacial score (nSPS) is 15.8. The Morgan fingerprint density at radius 3 is 2.43 bits per heavy atom. The van der Waals surface area contributed by atoms with Crippen molar-refractivity contribution in [3.8, 4) is 0 Å². The topological polar surface area (TPSA) is 29.1 Å². The number of hydrogen-bond acceptors (Lipinski definition) is 2. The highest BCUT2D eigenvalue weighted by Crippen LogP contribution is 2.04. The highest BCUT2D eigenvalue weighted by Gasteiger charge is 2.06. The van der Waals surface area contributed by atoms with Crippen LogP contribution in [0.4, 0.5) is 0 Å². The van der Waals surface area contributed by atoms with Crippen LogP contribution in [0.2, 0.25) is 0 Å². The summed E-state index contributed by atoms with van der Waals surface area (Å²) in [5.74, 6) is 2.29. The van der Waals surface area contributed by atoms with Crippen LogP contribution < -0.4 is 5.32 Å². The van der Waals surface area contributed by atoms with Gasteiger partial charge < -0.3 is 5.32 Å². The molecule has 0 aromatic heterocycles. The van der Waals surface area contributed by atoms with Crippen LogP contribution >= 0.6 is 0 Å². The minimum absolute atomic E-state index is 0.558. The zero-order valence-corrected chi connectivity index (χ0v) is 10.8. The predicted octanol–water partition coefficient (Wildman–Crippen LogP) is 2.17. The third kappa shape index (κ3) is 7.51. The molecule has 0 aromatic rings. The standard InChI is InChI=1S/C11H25NOS/c1-5-11(12-4)7-6-8-14(13)9-10(2)3/h10-12H,5-9H2,1-4H3. The Labute approximate surface area is 91.3 Å². The molecule has 0 heterocycles. The molecule has 0 aliphatic heterocycles. The first-order valence-corrected chi connectivity index (χ1v) is 7.11. The van der Waals surface area contributed by atoms with E-state index in [4.69, 9.17) is 0 Å². The van der Waals surface area contributed by atoms with Crippen molar-refractivity contribution < 1.29 is 4.21 Å². The second kappa shape index (κ2) is 8.42. The molecule has 0 spiro atoms. The lowest BCUT2D eigenvalue weighted by atomic mass is 10.1. The van der Waals surface area contributed by atoms with Crippen LogP contribution in [0.1, 0.15) is 40.0 Å². The Hall–Kier alpha value is 0.110. The van der Waals surface area contributed by atoms with Crippen LogP contribution in [-0.2, 0) is 10.8 Å². The number of rotatable bonds is 8. The van der Waals surface area contributed by atoms with E-state index in [2.05, 4.69) is 26.1 Å². The summed E-state index contributed by atoms with van der Waals surface area (Å²) in [5, 5.41) is 3.27. The van der Waals surface area contributed by atoms with Crippen molar-refractivity contribution >= 4 is 10.8 Å². The molecule has 0 saturated carbocycles. The molecule has 2 nitrogen and oxygen atoms in total. The Morgan fingerprint density at radius 1 is 1.36 bits per heavy atom. The summed E-state index contributed by atoms with van der Waals surface area (Å²) in [6, 6.07) is 0.603. The van der Waals surface area contributed by atoms with E-state index in [1.54, 1.807) is 0 Å². The molecule has 0 radical (unpaired) electrons. The van der Waals surface area contributed by atoms with Gasteiger partial charge in [-0.05, 0) is 32.2 Å². The van der Waals surface area contributed by atoms with Gasteiger partial charge in [-0.3, -0.25) is 4.21 Å². The average Bonchev–Trinajstić information content (AvgIpc) is 2.11. The number of nitrogens with one attached hydrogen (secondary N) is 1. The van der Waals surface area contributed by atoms with Crippen molar-refractivity contribution in [1.29, 1.82) is 0 Å². The van der Waals surface area contributed by atoms with Crippen molar-refractivity contribution in [1.82, 2.24) is 5.32 Å². The van der Waals surface area contributed by atoms with E-state index in [0.717, 1.165) is 30.8 Å². The van der Waals surface area contributed by atoms with Crippen molar-refractivity contribution in [2.24, 2.45) is 5.92 Å². The molecule has 0 aliphatic carbocycles.